The van der Waals surface area contributed by atoms with Gasteiger partial charge < -0.3 is 19.6 Å². The molecule has 0 heterocycles. The first kappa shape index (κ1) is 49.9. The van der Waals surface area contributed by atoms with Crippen molar-refractivity contribution < 1.29 is 19.6 Å². The van der Waals surface area contributed by atoms with E-state index in [-0.39, 0.29) is 32.3 Å². The van der Waals surface area contributed by atoms with E-state index in [1.807, 2.05) is 0 Å². The molecule has 66 heavy (non-hydrogen) atoms. The van der Waals surface area contributed by atoms with Crippen LogP contribution >= 0.6 is 16.8 Å². The normalized spacial score (nSPS) is 13.1. The predicted molar refractivity (Wildman–Crippen MR) is 287 cm³/mol. The zero-order chi connectivity index (χ0) is 49.2. The van der Waals surface area contributed by atoms with Crippen LogP contribution in [0.15, 0.2) is 60.7 Å². The van der Waals surface area contributed by atoms with Crippen LogP contribution in [-0.4, -0.2) is 19.6 Å². The molecule has 0 bridgehead atoms. The maximum Gasteiger partial charge on any atom is 0.201 e. The third kappa shape index (κ3) is 8.48. The van der Waals surface area contributed by atoms with Crippen LogP contribution in [0.2, 0.25) is 0 Å². The van der Waals surface area contributed by atoms with Crippen LogP contribution in [0.25, 0.3) is 66.8 Å². The molecule has 4 nitrogen and oxygen atoms in total. The van der Waals surface area contributed by atoms with Gasteiger partial charge in [0.05, 0.1) is 10.6 Å². The van der Waals surface area contributed by atoms with E-state index >= 15 is 0 Å². The highest BCUT2D eigenvalue weighted by atomic mass is 31.2. The first-order chi connectivity index (χ1) is 30.3. The maximum absolute atomic E-state index is 12.0. The van der Waals surface area contributed by atoms with Gasteiger partial charge >= 0.3 is 0 Å². The molecule has 1 aliphatic rings. The Morgan fingerprint density at radius 1 is 0.288 bits per heavy atom. The van der Waals surface area contributed by atoms with Crippen LogP contribution < -0.4 is 10.6 Å². The van der Waals surface area contributed by atoms with Crippen molar-refractivity contribution in [1.82, 2.24) is 0 Å². The molecule has 348 valence electrons. The summed E-state index contributed by atoms with van der Waals surface area (Å²) in [6.07, 6.45) is 0. The van der Waals surface area contributed by atoms with Crippen molar-refractivity contribution in [3.8, 4) is 66.8 Å². The summed E-state index contributed by atoms with van der Waals surface area (Å²) in [5, 5.41) is 0.441. The van der Waals surface area contributed by atoms with E-state index in [4.69, 9.17) is 0 Å². The Morgan fingerprint density at radius 2 is 0.530 bits per heavy atom. The molecule has 0 aliphatic heterocycles. The van der Waals surface area contributed by atoms with Crippen molar-refractivity contribution in [2.45, 2.75) is 160 Å². The summed E-state index contributed by atoms with van der Waals surface area (Å²) >= 11 is 0. The second kappa shape index (κ2) is 16.9. The van der Waals surface area contributed by atoms with Crippen LogP contribution in [0.3, 0.4) is 0 Å². The summed E-state index contributed by atoms with van der Waals surface area (Å²) in [5.41, 5.74) is 24.6. The minimum absolute atomic E-state index is 0.185. The fraction of sp³-hybridized carbons (Fsp3) is 0.400. The van der Waals surface area contributed by atoms with Gasteiger partial charge in [-0.05, 0) is 172 Å². The van der Waals surface area contributed by atoms with Gasteiger partial charge in [0.25, 0.3) is 0 Å². The van der Waals surface area contributed by atoms with Gasteiger partial charge in [0.15, 0.2) is 0 Å². The van der Waals surface area contributed by atoms with Gasteiger partial charge in [0.2, 0.25) is 16.8 Å². The number of fused-ring (bicyclic) bond motifs is 4. The third-order valence-electron chi connectivity index (χ3n) is 13.7. The fourth-order valence-electron chi connectivity index (χ4n) is 11.2. The zero-order valence-electron chi connectivity index (χ0n) is 43.5. The molecule has 0 spiro atoms. The molecule has 0 saturated heterocycles. The van der Waals surface area contributed by atoms with Crippen LogP contribution in [-0.2, 0) is 21.7 Å². The average Bonchev–Trinajstić information content (AvgIpc) is 3.13. The van der Waals surface area contributed by atoms with Gasteiger partial charge in [0, 0.05) is 16.7 Å². The largest absolute Gasteiger partial charge is 0.347 e. The minimum Gasteiger partial charge on any atom is -0.347 e. The van der Waals surface area contributed by atoms with Gasteiger partial charge in [-0.15, -0.1) is 0 Å². The third-order valence-corrected chi connectivity index (χ3v) is 15.6. The lowest BCUT2D eigenvalue weighted by Crippen LogP contribution is -2.32. The predicted octanol–water partition coefficient (Wildman–Crippen LogP) is 15.5. The van der Waals surface area contributed by atoms with Crippen LogP contribution in [0.5, 0.6) is 0 Å². The Hall–Kier alpha value is -3.98. The SMILES string of the molecule is Cc1cc(C)c(-c2ccc3c(c2-c2c(C)cc(C)cc2C(C)(C)C)-c2c(-c4c(C)cc(C)cc4C(C)(C)C)c(-c4c(C)cc(C)cc4C(C)(C)C)c(P(O)O)c(P(O)O)c2-3)c(C(C)(C)C)c1. The Kier molecular flexibility index (Phi) is 12.8. The summed E-state index contributed by atoms with van der Waals surface area (Å²) < 4.78 is 0. The summed E-state index contributed by atoms with van der Waals surface area (Å²) in [6, 6.07) is 22.7. The van der Waals surface area contributed by atoms with E-state index in [2.05, 4.69) is 199 Å². The average molecular weight is 921 g/mol. The number of hydrogen-bond donors (Lipinski definition) is 4. The number of aryl methyl sites for hydroxylation is 8. The summed E-state index contributed by atoms with van der Waals surface area (Å²) in [6.45, 7) is 44.6. The Morgan fingerprint density at radius 3 is 0.864 bits per heavy atom. The molecule has 0 radical (unpaired) electrons. The van der Waals surface area contributed by atoms with E-state index in [0.29, 0.717) is 11.1 Å². The lowest BCUT2D eigenvalue weighted by atomic mass is 9.65. The van der Waals surface area contributed by atoms with E-state index in [1.54, 1.807) is 0 Å². The molecule has 0 amide bonds. The standard InChI is InChI=1S/C60H74O4P2/c1-31-23-35(5)45(41(27-31)57(9,10)11)39-21-22-40-50(49(39)46-36(6)24-32(2)28-42(46)58(12,13)14)53-51(40)55(65(61)62)56(66(63)64)54(48-38(8)26-34(4)30-44(48)60(18,19)20)52(53)47-37(7)25-33(3)29-43(47)59(15,16)17/h21-30,61-64H,1-20H3. The molecule has 0 aromatic heterocycles. The summed E-state index contributed by atoms with van der Waals surface area (Å²) in [5.74, 6) is 0. The van der Waals surface area contributed by atoms with Crippen molar-refractivity contribution >= 4 is 27.4 Å². The zero-order valence-corrected chi connectivity index (χ0v) is 45.2. The molecule has 6 aromatic carbocycles. The lowest BCUT2D eigenvalue weighted by Gasteiger charge is -2.40. The molecular weight excluding hydrogens is 847 g/mol. The van der Waals surface area contributed by atoms with Crippen LogP contribution in [0.1, 0.15) is 150 Å². The fourth-order valence-corrected chi connectivity index (χ4v) is 13.2. The highest BCUT2D eigenvalue weighted by Gasteiger charge is 2.44. The highest BCUT2D eigenvalue weighted by molar-refractivity contribution is 7.61. The van der Waals surface area contributed by atoms with Gasteiger partial charge in [-0.25, -0.2) is 0 Å². The highest BCUT2D eigenvalue weighted by Crippen LogP contribution is 2.64. The quantitative estimate of drug-likeness (QED) is 0.125. The lowest BCUT2D eigenvalue weighted by molar-refractivity contribution is 0.492. The maximum atomic E-state index is 12.0. The summed E-state index contributed by atoms with van der Waals surface area (Å²) in [7, 11) is -5.69. The number of rotatable bonds is 6. The first-order valence-electron chi connectivity index (χ1n) is 23.5. The summed E-state index contributed by atoms with van der Waals surface area (Å²) in [4.78, 5) is 47.9. The Balaban J connectivity index is 1.91. The molecule has 7 rings (SSSR count). The minimum atomic E-state index is -2.86. The second-order valence-corrected chi connectivity index (χ2v) is 25.8. The smallest absolute Gasteiger partial charge is 0.201 e. The molecule has 4 N–H and O–H groups in total. The second-order valence-electron chi connectivity index (χ2n) is 23.7. The number of hydrogen-bond acceptors (Lipinski definition) is 4. The molecule has 0 saturated carbocycles. The van der Waals surface area contributed by atoms with E-state index in [0.717, 1.165) is 77.9 Å². The van der Waals surface area contributed by atoms with E-state index < -0.39 is 16.8 Å². The topological polar surface area (TPSA) is 80.9 Å². The van der Waals surface area contributed by atoms with Crippen molar-refractivity contribution in [1.29, 1.82) is 0 Å². The number of benzene rings is 6. The van der Waals surface area contributed by atoms with Crippen LogP contribution in [0.4, 0.5) is 0 Å². The van der Waals surface area contributed by atoms with Gasteiger partial charge in [0.1, 0.15) is 0 Å². The monoisotopic (exact) mass is 921 g/mol. The Labute approximate surface area is 399 Å². The van der Waals surface area contributed by atoms with Crippen molar-refractivity contribution in [2.75, 3.05) is 0 Å². The molecular formula is C60H74O4P2. The van der Waals surface area contributed by atoms with Gasteiger partial charge in [-0.2, -0.15) is 0 Å². The molecule has 6 heteroatoms. The van der Waals surface area contributed by atoms with Crippen molar-refractivity contribution in [3.05, 3.63) is 127 Å². The first-order valence-corrected chi connectivity index (χ1v) is 26.0. The molecule has 0 atom stereocenters. The Bertz CT molecular complexity index is 2970. The van der Waals surface area contributed by atoms with E-state index in [1.165, 1.54) is 44.5 Å². The van der Waals surface area contributed by atoms with E-state index in [9.17, 15) is 19.6 Å². The van der Waals surface area contributed by atoms with Crippen molar-refractivity contribution in [2.24, 2.45) is 0 Å². The van der Waals surface area contributed by atoms with Crippen LogP contribution in [0, 0.1) is 55.4 Å². The van der Waals surface area contributed by atoms with Crippen molar-refractivity contribution in [3.63, 3.8) is 0 Å². The molecule has 0 unspecified atom stereocenters. The molecule has 0 fully saturated rings. The van der Waals surface area contributed by atoms with Gasteiger partial charge in [-0.1, -0.05) is 166 Å². The van der Waals surface area contributed by atoms with Gasteiger partial charge in [-0.3, -0.25) is 0 Å². The molecule has 6 aromatic rings. The molecule has 1 aliphatic carbocycles.